The zero-order valence-electron chi connectivity index (χ0n) is 12.0. The van der Waals surface area contributed by atoms with E-state index < -0.39 is 0 Å². The monoisotopic (exact) mass is 258 g/mol. The third-order valence-corrected chi connectivity index (χ3v) is 4.72. The van der Waals surface area contributed by atoms with Crippen molar-refractivity contribution < 1.29 is 0 Å². The van der Waals surface area contributed by atoms with Crippen LogP contribution >= 0.6 is 12.6 Å². The summed E-state index contributed by atoms with van der Waals surface area (Å²) in [5, 5.41) is 0. The van der Waals surface area contributed by atoms with E-state index in [0.717, 1.165) is 23.6 Å². The van der Waals surface area contributed by atoms with Gasteiger partial charge in [-0.3, -0.25) is 4.90 Å². The molecule has 0 aromatic carbocycles. The van der Waals surface area contributed by atoms with Crippen LogP contribution in [0.15, 0.2) is 0 Å². The van der Waals surface area contributed by atoms with E-state index in [4.69, 9.17) is 0 Å². The zero-order valence-corrected chi connectivity index (χ0v) is 12.9. The number of hydrogen-bond donors (Lipinski definition) is 1. The molecule has 0 amide bonds. The summed E-state index contributed by atoms with van der Waals surface area (Å²) >= 11 is 4.49. The molecule has 102 valence electrons. The lowest BCUT2D eigenvalue weighted by atomic mass is 9.97. The maximum absolute atomic E-state index is 4.49. The maximum Gasteiger partial charge on any atom is 0.0235 e. The van der Waals surface area contributed by atoms with Gasteiger partial charge in [-0.2, -0.15) is 12.6 Å². The molecule has 1 fully saturated rings. The van der Waals surface area contributed by atoms with Gasteiger partial charge in [-0.25, -0.2) is 0 Å². The van der Waals surface area contributed by atoms with E-state index in [1.807, 2.05) is 0 Å². The first kappa shape index (κ1) is 15.3. The van der Waals surface area contributed by atoms with Gasteiger partial charge in [0.25, 0.3) is 0 Å². The van der Waals surface area contributed by atoms with Crippen molar-refractivity contribution in [3.63, 3.8) is 0 Å². The average molecular weight is 258 g/mol. The van der Waals surface area contributed by atoms with Crippen molar-refractivity contribution >= 4 is 12.6 Å². The lowest BCUT2D eigenvalue weighted by Gasteiger charge is -2.28. The molecule has 1 aliphatic heterocycles. The van der Waals surface area contributed by atoms with Gasteiger partial charge in [-0.15, -0.1) is 0 Å². The quantitative estimate of drug-likeness (QED) is 0.701. The maximum atomic E-state index is 4.49. The van der Waals surface area contributed by atoms with E-state index in [-0.39, 0.29) is 0 Å². The molecule has 1 aliphatic rings. The summed E-state index contributed by atoms with van der Waals surface area (Å²) in [4.78, 5) is 5.24. The van der Waals surface area contributed by atoms with Gasteiger partial charge >= 0.3 is 0 Å². The van der Waals surface area contributed by atoms with Crippen LogP contribution in [0.1, 0.15) is 34.1 Å². The van der Waals surface area contributed by atoms with Crippen LogP contribution < -0.4 is 0 Å². The highest BCUT2D eigenvalue weighted by atomic mass is 32.1. The minimum atomic E-state index is 0.744. The Labute approximate surface area is 113 Å². The second-order valence-electron chi connectivity index (χ2n) is 5.61. The van der Waals surface area contributed by atoms with Crippen molar-refractivity contribution in [2.45, 2.75) is 40.2 Å². The van der Waals surface area contributed by atoms with E-state index in [0.29, 0.717) is 0 Å². The lowest BCUT2D eigenvalue weighted by Crippen LogP contribution is -2.38. The summed E-state index contributed by atoms with van der Waals surface area (Å²) in [5.41, 5.74) is 0. The first-order valence-electron chi connectivity index (χ1n) is 7.19. The molecule has 0 aromatic rings. The molecule has 0 aliphatic carbocycles. The number of thiol groups is 1. The number of rotatable bonds is 7. The Bertz CT molecular complexity index is 204. The molecule has 0 bridgehead atoms. The fraction of sp³-hybridized carbons (Fsp3) is 1.00. The molecule has 0 saturated carbocycles. The summed E-state index contributed by atoms with van der Waals surface area (Å²) in [6, 6.07) is 0.790. The van der Waals surface area contributed by atoms with Gasteiger partial charge in [0.2, 0.25) is 0 Å². The third-order valence-electron chi connectivity index (χ3n) is 4.25. The Morgan fingerprint density at radius 1 is 1.29 bits per heavy atom. The van der Waals surface area contributed by atoms with Gasteiger partial charge in [0, 0.05) is 19.1 Å². The van der Waals surface area contributed by atoms with E-state index >= 15 is 0 Å². The van der Waals surface area contributed by atoms with E-state index in [9.17, 15) is 0 Å². The fourth-order valence-electron chi connectivity index (χ4n) is 2.83. The lowest BCUT2D eigenvalue weighted by molar-refractivity contribution is 0.196. The van der Waals surface area contributed by atoms with Crippen molar-refractivity contribution in [2.75, 3.05) is 38.5 Å². The van der Waals surface area contributed by atoms with E-state index in [1.165, 1.54) is 39.1 Å². The molecule has 2 nitrogen and oxygen atoms in total. The summed E-state index contributed by atoms with van der Waals surface area (Å²) in [7, 11) is 0. The Balaban J connectivity index is 2.39. The van der Waals surface area contributed by atoms with Crippen molar-refractivity contribution in [3.8, 4) is 0 Å². The van der Waals surface area contributed by atoms with Crippen molar-refractivity contribution in [2.24, 2.45) is 11.8 Å². The molecule has 2 unspecified atom stereocenters. The van der Waals surface area contributed by atoms with Gasteiger partial charge in [-0.05, 0) is 43.6 Å². The summed E-state index contributed by atoms with van der Waals surface area (Å²) in [6.45, 7) is 15.3. The number of nitrogens with zero attached hydrogens (tertiary/aromatic N) is 2. The van der Waals surface area contributed by atoms with Crippen LogP contribution in [0.25, 0.3) is 0 Å². The minimum Gasteiger partial charge on any atom is -0.301 e. The molecule has 2 atom stereocenters. The fourth-order valence-corrected chi connectivity index (χ4v) is 3.36. The number of hydrogen-bond acceptors (Lipinski definition) is 3. The first-order chi connectivity index (χ1) is 8.12. The third kappa shape index (κ3) is 4.46. The highest BCUT2D eigenvalue weighted by Crippen LogP contribution is 2.20. The van der Waals surface area contributed by atoms with Crippen LogP contribution in [0.5, 0.6) is 0 Å². The highest BCUT2D eigenvalue weighted by molar-refractivity contribution is 7.80. The SMILES string of the molecule is CCN(CC)C1CCN(CC(CS)C(C)C)C1. The molecule has 0 aromatic heterocycles. The molecule has 17 heavy (non-hydrogen) atoms. The van der Waals surface area contributed by atoms with Crippen molar-refractivity contribution in [3.05, 3.63) is 0 Å². The molecule has 0 N–H and O–H groups in total. The summed E-state index contributed by atoms with van der Waals surface area (Å²) in [6.07, 6.45) is 1.35. The molecule has 1 saturated heterocycles. The summed E-state index contributed by atoms with van der Waals surface area (Å²) < 4.78 is 0. The summed E-state index contributed by atoms with van der Waals surface area (Å²) in [5.74, 6) is 2.51. The molecule has 0 spiro atoms. The Morgan fingerprint density at radius 2 is 1.94 bits per heavy atom. The Kier molecular flexibility index (Phi) is 6.90. The molecular weight excluding hydrogens is 228 g/mol. The van der Waals surface area contributed by atoms with Crippen LogP contribution in [0.2, 0.25) is 0 Å². The predicted octanol–water partition coefficient (Wildman–Crippen LogP) is 2.60. The minimum absolute atomic E-state index is 0.744. The predicted molar refractivity (Wildman–Crippen MR) is 79.9 cm³/mol. The average Bonchev–Trinajstić information content (AvgIpc) is 2.76. The Hall–Kier alpha value is 0.270. The van der Waals surface area contributed by atoms with E-state index in [1.54, 1.807) is 0 Å². The topological polar surface area (TPSA) is 6.48 Å². The largest absolute Gasteiger partial charge is 0.301 e. The Morgan fingerprint density at radius 3 is 2.41 bits per heavy atom. The van der Waals surface area contributed by atoms with Crippen LogP contribution in [0.3, 0.4) is 0 Å². The standard InChI is InChI=1S/C14H30N2S/c1-5-16(6-2)14-7-8-15(10-14)9-13(11-17)12(3)4/h12-14,17H,5-11H2,1-4H3. The molecule has 1 heterocycles. The van der Waals surface area contributed by atoms with Gasteiger partial charge in [0.05, 0.1) is 0 Å². The molecule has 3 heteroatoms. The van der Waals surface area contributed by atoms with Crippen LogP contribution in [-0.2, 0) is 0 Å². The van der Waals surface area contributed by atoms with Gasteiger partial charge in [0.15, 0.2) is 0 Å². The first-order valence-corrected chi connectivity index (χ1v) is 7.82. The van der Waals surface area contributed by atoms with Gasteiger partial charge < -0.3 is 4.90 Å². The zero-order chi connectivity index (χ0) is 12.8. The van der Waals surface area contributed by atoms with Crippen molar-refractivity contribution in [1.29, 1.82) is 0 Å². The van der Waals surface area contributed by atoms with Crippen molar-refractivity contribution in [1.82, 2.24) is 9.80 Å². The van der Waals surface area contributed by atoms with Crippen LogP contribution in [0.4, 0.5) is 0 Å². The molecule has 1 rings (SSSR count). The van der Waals surface area contributed by atoms with Crippen LogP contribution in [0, 0.1) is 11.8 Å². The molecular formula is C14H30N2S. The second kappa shape index (κ2) is 7.65. The smallest absolute Gasteiger partial charge is 0.0235 e. The highest BCUT2D eigenvalue weighted by Gasteiger charge is 2.27. The normalized spacial score (nSPS) is 23.8. The van der Waals surface area contributed by atoms with E-state index in [2.05, 4.69) is 50.1 Å². The van der Waals surface area contributed by atoms with Gasteiger partial charge in [-0.1, -0.05) is 27.7 Å². The number of likely N-dealkylation sites (N-methyl/N-ethyl adjacent to an activating group) is 1. The second-order valence-corrected chi connectivity index (χ2v) is 5.98. The van der Waals surface area contributed by atoms with Crippen LogP contribution in [-0.4, -0.2) is 54.3 Å². The molecule has 0 radical (unpaired) electrons. The number of likely N-dealkylation sites (tertiary alicyclic amines) is 1. The van der Waals surface area contributed by atoms with Gasteiger partial charge in [0.1, 0.15) is 0 Å².